The Labute approximate surface area is 596 Å². The zero-order valence-corrected chi connectivity index (χ0v) is 61.0. The average molecular weight is 1430 g/mol. The molecule has 0 bridgehead atoms. The molecule has 3 aromatic rings. The van der Waals surface area contributed by atoms with Crippen molar-refractivity contribution in [1.82, 2.24) is 51.3 Å². The topological polar surface area (TPSA) is 373 Å². The van der Waals surface area contributed by atoms with Gasteiger partial charge in [-0.2, -0.15) is 5.01 Å². The Bertz CT molecular complexity index is 3300. The molecule has 10 N–H and O–H groups in total. The number of anilines is 1. The van der Waals surface area contributed by atoms with E-state index in [1.165, 1.54) is 79.9 Å². The Morgan fingerprint density at radius 3 is 2.06 bits per heavy atom. The largest absolute Gasteiger partial charge is 0.455 e. The minimum Gasteiger partial charge on any atom is -0.455 e. The number of amides is 12. The van der Waals surface area contributed by atoms with E-state index in [2.05, 4.69) is 38.8 Å². The summed E-state index contributed by atoms with van der Waals surface area (Å²) in [5.74, 6) is -1.08. The summed E-state index contributed by atoms with van der Waals surface area (Å²) < 4.78 is 25.6. The lowest BCUT2D eigenvalue weighted by Crippen LogP contribution is -2.59. The van der Waals surface area contributed by atoms with Crippen LogP contribution in [-0.4, -0.2) is 165 Å². The van der Waals surface area contributed by atoms with Crippen LogP contribution in [0.3, 0.4) is 0 Å². The van der Waals surface area contributed by atoms with E-state index < -0.39 is 102 Å². The van der Waals surface area contributed by atoms with Gasteiger partial charge in [0.15, 0.2) is 6.10 Å². The first-order valence-corrected chi connectivity index (χ1v) is 36.2. The number of esters is 1. The SMILES string of the molecule is CCCCCCN(C(=O)[C@@H](NC(=O)[C@H]1CCCCN1C)[C@H](C)CC)[C@H](C[C@@H](OC(C)=O)c1nc(C(=O)N[C@@H](Cc2ccc(F)cc2)C[C@H](C)C(=O)N(N)C(=O)OCc2ccc(NC(=O)[C@H](CCCNC(N)=O)NC(=O)[C@@H](NC(=O)CCCCCN3C(=O)C=CC3=O)C(C)C)cc2)cs1)C(C)C. The highest BCUT2D eigenvalue weighted by atomic mass is 32.1. The fraction of sp³-hybridized carbons (Fsp3) is 0.597. The minimum atomic E-state index is -1.20. The lowest BCUT2D eigenvalue weighted by molar-refractivity contribution is -0.150. The van der Waals surface area contributed by atoms with Gasteiger partial charge in [0.1, 0.15) is 41.3 Å². The Kier molecular flexibility index (Phi) is 34.4. The first-order valence-electron chi connectivity index (χ1n) is 35.3. The number of nitrogens with one attached hydrogen (secondary N) is 6. The number of urea groups is 1. The van der Waals surface area contributed by atoms with Crippen molar-refractivity contribution in [2.75, 3.05) is 38.5 Å². The summed E-state index contributed by atoms with van der Waals surface area (Å²) in [7, 11) is 1.93. The van der Waals surface area contributed by atoms with E-state index in [1.807, 2.05) is 44.5 Å². The number of imide groups is 2. The first-order chi connectivity index (χ1) is 48.0. The molecular formula is C72H106FN13O14S. The summed E-state index contributed by atoms with van der Waals surface area (Å²) in [5, 5.41) is 18.9. The highest BCUT2D eigenvalue weighted by Crippen LogP contribution is 2.33. The second kappa shape index (κ2) is 41.9. The lowest BCUT2D eigenvalue weighted by Gasteiger charge is -2.40. The van der Waals surface area contributed by atoms with Crippen LogP contribution in [0.15, 0.2) is 66.1 Å². The number of likely N-dealkylation sites (N-methyl/N-ethyl adjacent to an activating group) is 1. The molecule has 2 aromatic carbocycles. The number of thiazole rings is 1. The molecule has 3 heterocycles. The summed E-state index contributed by atoms with van der Waals surface area (Å²) in [5.41, 5.74) is 6.52. The van der Waals surface area contributed by atoms with Crippen LogP contribution < -0.4 is 43.5 Å². The Balaban J connectivity index is 1.23. The predicted octanol–water partition coefficient (Wildman–Crippen LogP) is 7.63. The lowest BCUT2D eigenvalue weighted by atomic mass is 9.91. The number of carbonyl (C=O) groups is 12. The Hall–Kier alpha value is -8.70. The fourth-order valence-corrected chi connectivity index (χ4v) is 13.0. The maximum Gasteiger partial charge on any atom is 0.431 e. The molecule has 27 nitrogen and oxygen atoms in total. The molecule has 0 aliphatic carbocycles. The van der Waals surface area contributed by atoms with Crippen LogP contribution in [-0.2, 0) is 65.7 Å². The molecule has 2 aliphatic rings. The number of nitrogens with zero attached hydrogens (tertiary/aromatic N) is 5. The van der Waals surface area contributed by atoms with Crippen molar-refractivity contribution in [3.05, 3.63) is 93.7 Å². The molecule has 9 atom stereocenters. The van der Waals surface area contributed by atoms with E-state index in [9.17, 15) is 57.1 Å². The van der Waals surface area contributed by atoms with E-state index in [0.717, 1.165) is 54.9 Å². The highest BCUT2D eigenvalue weighted by Gasteiger charge is 2.40. The average Bonchev–Trinajstić information content (AvgIpc) is 1.80. The molecule has 1 aromatic heterocycles. The third-order valence-corrected chi connectivity index (χ3v) is 19.1. The van der Waals surface area contributed by atoms with Crippen molar-refractivity contribution in [1.29, 1.82) is 0 Å². The number of unbranched alkanes of at least 4 members (excludes halogenated alkanes) is 5. The molecule has 0 saturated carbocycles. The number of primary amides is 1. The Morgan fingerprint density at radius 2 is 1.44 bits per heavy atom. The smallest absolute Gasteiger partial charge is 0.431 e. The molecule has 0 spiro atoms. The number of halogens is 1. The van der Waals surface area contributed by atoms with Crippen LogP contribution in [0.2, 0.25) is 0 Å². The summed E-state index contributed by atoms with van der Waals surface area (Å²) in [6.45, 7) is 17.4. The van der Waals surface area contributed by atoms with E-state index in [0.29, 0.717) is 66.2 Å². The van der Waals surface area contributed by atoms with E-state index in [4.69, 9.17) is 26.0 Å². The number of nitrogens with two attached hydrogens (primary N) is 2. The van der Waals surface area contributed by atoms with E-state index in [1.54, 1.807) is 13.8 Å². The minimum absolute atomic E-state index is 0.0292. The molecule has 1 saturated heterocycles. The van der Waals surface area contributed by atoms with Crippen molar-refractivity contribution in [3.8, 4) is 0 Å². The maximum atomic E-state index is 15.1. The fourth-order valence-electron chi connectivity index (χ4n) is 12.1. The number of hydrazine groups is 1. The quantitative estimate of drug-likeness (QED) is 0.00675. The number of hydrogen-bond acceptors (Lipinski definition) is 18. The van der Waals surface area contributed by atoms with Crippen LogP contribution >= 0.6 is 11.3 Å². The molecule has 1 fully saturated rings. The van der Waals surface area contributed by atoms with Gasteiger partial charge in [-0.05, 0) is 125 Å². The van der Waals surface area contributed by atoms with Gasteiger partial charge in [0.25, 0.3) is 17.7 Å². The van der Waals surface area contributed by atoms with Gasteiger partial charge in [-0.15, -0.1) is 11.3 Å². The number of aromatic nitrogens is 1. The number of hydrogen-bond donors (Lipinski definition) is 8. The van der Waals surface area contributed by atoms with Crippen LogP contribution in [0.5, 0.6) is 0 Å². The van der Waals surface area contributed by atoms with Gasteiger partial charge in [0, 0.05) is 80.6 Å². The second-order valence-electron chi connectivity index (χ2n) is 27.0. The van der Waals surface area contributed by atoms with Gasteiger partial charge in [-0.3, -0.25) is 57.7 Å². The van der Waals surface area contributed by atoms with Crippen molar-refractivity contribution in [2.45, 2.75) is 220 Å². The number of ether oxygens (including phenoxy) is 2. The van der Waals surface area contributed by atoms with Crippen molar-refractivity contribution in [3.63, 3.8) is 0 Å². The summed E-state index contributed by atoms with van der Waals surface area (Å²) in [4.78, 5) is 169. The van der Waals surface area contributed by atoms with Gasteiger partial charge < -0.3 is 52.0 Å². The molecule has 29 heteroatoms. The van der Waals surface area contributed by atoms with E-state index in [-0.39, 0.29) is 111 Å². The zero-order chi connectivity index (χ0) is 74.5. The van der Waals surface area contributed by atoms with Gasteiger partial charge in [0.05, 0.1) is 6.04 Å². The summed E-state index contributed by atoms with van der Waals surface area (Å²) in [6.07, 6.45) is 8.97. The van der Waals surface area contributed by atoms with Gasteiger partial charge in [-0.25, -0.2) is 24.8 Å². The molecule has 5 rings (SSSR count). The van der Waals surface area contributed by atoms with Gasteiger partial charge in [0.2, 0.25) is 35.4 Å². The first kappa shape index (κ1) is 83.0. The number of rotatable bonds is 41. The summed E-state index contributed by atoms with van der Waals surface area (Å²) in [6, 6.07) is 6.26. The Morgan fingerprint density at radius 1 is 0.762 bits per heavy atom. The predicted molar refractivity (Wildman–Crippen MR) is 379 cm³/mol. The molecule has 101 heavy (non-hydrogen) atoms. The van der Waals surface area contributed by atoms with Crippen LogP contribution in [0.1, 0.15) is 198 Å². The molecule has 0 unspecified atom stereocenters. The molecular weight excluding hydrogens is 1320 g/mol. The number of benzene rings is 2. The molecule has 2 aliphatic heterocycles. The monoisotopic (exact) mass is 1430 g/mol. The van der Waals surface area contributed by atoms with Crippen LogP contribution in [0.4, 0.5) is 19.7 Å². The molecule has 12 amide bonds. The molecule has 0 radical (unpaired) electrons. The van der Waals surface area contributed by atoms with Crippen molar-refractivity contribution >= 4 is 88.3 Å². The normalized spacial score (nSPS) is 16.2. The molecule has 556 valence electrons. The van der Waals surface area contributed by atoms with Crippen molar-refractivity contribution < 1.29 is 71.4 Å². The maximum absolute atomic E-state index is 15.1. The standard InChI is InChI=1S/C72H106FN13O14S/c1-11-13-14-18-37-84(70(96)63(46(7)12-2)82-66(93)56-23-17-20-36-83(56)10)57(44(3)4)41-58(100-48(9)87)68-80-55(43-101-68)65(92)78-53(40-49-25-29-51(73)30-26-49)39-47(8)69(95)86(75)72(98)99-42-50-27-31-52(32-28-50)77-64(91)54(22-21-35-76-71(74)97)79-67(94)62(45(5)6)81-59(88)24-16-15-19-38-85-60(89)33-34-61(85)90/h25-34,43-47,53-54,56-58,62-63H,11-24,35-42,75H2,1-10H3,(H,77,91)(H,78,92)(H,79,94)(H,81,88)(H,82,93)(H3,74,76,97)/t46-,47+,53-,54+,56-,57-,58-,62+,63+/m1/s1. The zero-order valence-electron chi connectivity index (χ0n) is 60.2. The second-order valence-corrected chi connectivity index (χ2v) is 27.9. The van der Waals surface area contributed by atoms with Crippen LogP contribution in [0, 0.1) is 29.5 Å². The highest BCUT2D eigenvalue weighted by molar-refractivity contribution is 7.09. The van der Waals surface area contributed by atoms with E-state index >= 15 is 4.79 Å². The summed E-state index contributed by atoms with van der Waals surface area (Å²) >= 11 is 1.09. The number of piperidine rings is 1. The van der Waals surface area contributed by atoms with Gasteiger partial charge in [-0.1, -0.05) is 118 Å². The number of carbonyl (C=O) groups excluding carboxylic acids is 12. The van der Waals surface area contributed by atoms with Crippen LogP contribution in [0.25, 0.3) is 0 Å². The van der Waals surface area contributed by atoms with Crippen molar-refractivity contribution in [2.24, 2.45) is 35.2 Å². The third kappa shape index (κ3) is 27.0. The number of likely N-dealkylation sites (tertiary alicyclic amines) is 1. The third-order valence-electron chi connectivity index (χ3n) is 18.2. The van der Waals surface area contributed by atoms with Gasteiger partial charge >= 0.3 is 18.1 Å².